The monoisotopic (exact) mass is 1270 g/mol. The molecule has 29 unspecified atom stereocenters. The second-order valence-corrected chi connectivity index (χ2v) is 28.3. The van der Waals surface area contributed by atoms with Gasteiger partial charge in [0.2, 0.25) is 0 Å². The fraction of sp³-hybridized carbons (Fsp3) is 0.967. The first-order valence-electron chi connectivity index (χ1n) is 31.6. The van der Waals surface area contributed by atoms with Crippen molar-refractivity contribution in [3.8, 4) is 0 Å². The summed E-state index contributed by atoms with van der Waals surface area (Å²) in [6, 6.07) is 0. The zero-order valence-corrected chi connectivity index (χ0v) is 51.5. The summed E-state index contributed by atoms with van der Waals surface area (Å²) in [4.78, 5) is 0. The molecule has 0 radical (unpaired) electrons. The van der Waals surface area contributed by atoms with Gasteiger partial charge in [0.15, 0.2) is 42.8 Å². The Labute approximate surface area is 512 Å². The van der Waals surface area contributed by atoms with E-state index in [0.29, 0.717) is 31.1 Å². The number of fused-ring (bicyclic) bond motifs is 5. The van der Waals surface area contributed by atoms with Crippen molar-refractivity contribution in [2.75, 3.05) is 33.0 Å². The van der Waals surface area contributed by atoms with Crippen LogP contribution in [0.4, 0.5) is 0 Å². The van der Waals surface area contributed by atoms with E-state index in [1.54, 1.807) is 0 Å². The lowest BCUT2D eigenvalue weighted by Gasteiger charge is -2.66. The van der Waals surface area contributed by atoms with Crippen LogP contribution in [-0.2, 0) is 47.4 Å². The highest BCUT2D eigenvalue weighted by Gasteiger charge is 2.68. The number of ether oxygens (including phenoxy) is 10. The summed E-state index contributed by atoms with van der Waals surface area (Å²) >= 11 is 0. The summed E-state index contributed by atoms with van der Waals surface area (Å²) < 4.78 is 59.7. The van der Waals surface area contributed by atoms with E-state index in [1.165, 1.54) is 12.5 Å². The van der Waals surface area contributed by atoms with Crippen LogP contribution in [0.1, 0.15) is 138 Å². The van der Waals surface area contributed by atoms with Gasteiger partial charge < -0.3 is 139 Å². The third-order valence-electron chi connectivity index (χ3n) is 22.9. The minimum Gasteiger partial charge on any atom is -0.394 e. The molecular formula is C60H102O28. The van der Waals surface area contributed by atoms with Crippen LogP contribution in [0.15, 0.2) is 11.6 Å². The molecule has 5 heterocycles. The molecule has 4 aliphatic carbocycles. The van der Waals surface area contributed by atoms with E-state index in [1.807, 2.05) is 6.92 Å². The van der Waals surface area contributed by atoms with Crippen molar-refractivity contribution in [3.63, 3.8) is 0 Å². The lowest BCUT2D eigenvalue weighted by atomic mass is 9.39. The highest BCUT2D eigenvalue weighted by Crippen LogP contribution is 2.74. The van der Waals surface area contributed by atoms with Gasteiger partial charge in [0.05, 0.1) is 38.6 Å². The quantitative estimate of drug-likeness (QED) is 0.0306. The molecule has 5 saturated heterocycles. The van der Waals surface area contributed by atoms with Crippen LogP contribution in [0.25, 0.3) is 0 Å². The molecule has 0 aromatic carbocycles. The Bertz CT molecular complexity index is 2340. The number of aliphatic hydroxyl groups is 18. The molecule has 28 heteroatoms. The molecule has 9 aliphatic rings. The normalized spacial score (nSPS) is 50.3. The molecule has 28 nitrogen and oxygen atoms in total. The summed E-state index contributed by atoms with van der Waals surface area (Å²) in [6.45, 7) is 11.3. The zero-order chi connectivity index (χ0) is 64.6. The Morgan fingerprint density at radius 2 is 1.14 bits per heavy atom. The van der Waals surface area contributed by atoms with Crippen LogP contribution in [0, 0.1) is 39.4 Å². The Kier molecular flexibility index (Phi) is 21.5. The molecule has 0 spiro atoms. The maximum Gasteiger partial charge on any atom is 0.253 e. The minimum atomic E-state index is -3.66. The van der Waals surface area contributed by atoms with Crippen molar-refractivity contribution in [2.45, 2.75) is 290 Å². The van der Waals surface area contributed by atoms with Gasteiger partial charge in [0.1, 0.15) is 92.1 Å². The van der Waals surface area contributed by atoms with Gasteiger partial charge in [-0.2, -0.15) is 0 Å². The molecule has 5 aliphatic heterocycles. The van der Waals surface area contributed by atoms with Gasteiger partial charge >= 0.3 is 0 Å². The van der Waals surface area contributed by atoms with Gasteiger partial charge in [-0.1, -0.05) is 66.0 Å². The fourth-order valence-corrected chi connectivity index (χ4v) is 17.0. The van der Waals surface area contributed by atoms with Gasteiger partial charge in [-0.25, -0.2) is 0 Å². The highest BCUT2D eigenvalue weighted by molar-refractivity contribution is 5.30. The van der Waals surface area contributed by atoms with E-state index in [2.05, 4.69) is 40.7 Å². The summed E-state index contributed by atoms with van der Waals surface area (Å²) in [7, 11) is 0. The predicted octanol–water partition coefficient (Wildman–Crippen LogP) is -3.19. The maximum atomic E-state index is 11.9. The summed E-state index contributed by atoms with van der Waals surface area (Å²) in [6.07, 6.45) is -20.0. The van der Waals surface area contributed by atoms with Crippen molar-refractivity contribution in [1.29, 1.82) is 0 Å². The highest BCUT2D eigenvalue weighted by atomic mass is 16.8. The summed E-state index contributed by atoms with van der Waals surface area (Å²) in [5.74, 6) is -10.3. The third-order valence-corrected chi connectivity index (χ3v) is 22.9. The third kappa shape index (κ3) is 12.6. The van der Waals surface area contributed by atoms with Crippen LogP contribution >= 0.6 is 0 Å². The number of aliphatic hydroxyl groups excluding tert-OH is 13. The van der Waals surface area contributed by atoms with Crippen molar-refractivity contribution < 1.29 is 139 Å². The summed E-state index contributed by atoms with van der Waals surface area (Å²) in [5.41, 5.74) is 0.808. The SMILES string of the molecule is CCC(CCCCC1CCC2(C)C3CC=C4C(CCC(OC5OC(COC6OC(CO)C(O)C(O)C6O)C(O)C(O)C5O)C4(C)C)C3(C)CCC12C)OC1(COC2OC(CO)C(O)C(O)C2O)CCC(OC2OC(CO)C(O)(O)C(O)(O)C2O)C(C)(O)O1. The van der Waals surface area contributed by atoms with Crippen LogP contribution in [-0.4, -0.2) is 277 Å². The standard InChI is InChI=1S/C60H102O28/c1-8-29(87-58(27-80-50-46(71)43(68)40(65)33(24-62)82-50)20-18-37(57(7,74)88-58)85-52-48(73)60(77,78)59(75,76)38(25-63)86-52)12-10-9-11-28-17-19-56(6)35-15-13-30-31(54(35,4)21-22-55(28,56)5)14-16-36(53(30,2)3)84-51-47(72)44(69)41(66)34(83-51)26-79-49-45(70)42(67)39(64)32(23-61)81-49/h13,28-29,31-52,61-78H,8-12,14-27H2,1-7H3. The first-order chi connectivity index (χ1) is 41.1. The molecule has 8 fully saturated rings. The van der Waals surface area contributed by atoms with Crippen LogP contribution < -0.4 is 0 Å². The Balaban J connectivity index is 0.825. The number of hydrogen-bond acceptors (Lipinski definition) is 28. The van der Waals surface area contributed by atoms with Crippen molar-refractivity contribution in [3.05, 3.63) is 11.6 Å². The van der Waals surface area contributed by atoms with Gasteiger partial charge in [-0.05, 0) is 112 Å². The molecule has 29 atom stereocenters. The molecule has 18 N–H and O–H groups in total. The second kappa shape index (κ2) is 26.7. The van der Waals surface area contributed by atoms with Crippen LogP contribution in [0.2, 0.25) is 0 Å². The molecule has 0 bridgehead atoms. The second-order valence-electron chi connectivity index (χ2n) is 28.3. The number of unbranched alkanes of at least 4 members (excludes halogenated alkanes) is 1. The summed E-state index contributed by atoms with van der Waals surface area (Å²) in [5, 5.41) is 190. The first-order valence-corrected chi connectivity index (χ1v) is 31.6. The topological polar surface area (TPSA) is 456 Å². The molecule has 3 saturated carbocycles. The van der Waals surface area contributed by atoms with E-state index in [-0.39, 0.29) is 35.0 Å². The maximum absolute atomic E-state index is 11.9. The van der Waals surface area contributed by atoms with Crippen LogP contribution in [0.5, 0.6) is 0 Å². The molecule has 510 valence electrons. The number of hydrogen-bond donors (Lipinski definition) is 18. The average molecular weight is 1270 g/mol. The minimum absolute atomic E-state index is 0.0243. The lowest BCUT2D eigenvalue weighted by Crippen LogP contribution is -2.75. The van der Waals surface area contributed by atoms with Crippen molar-refractivity contribution in [1.82, 2.24) is 0 Å². The number of allylic oxidation sites excluding steroid dienone is 1. The van der Waals surface area contributed by atoms with Gasteiger partial charge in [0.25, 0.3) is 11.6 Å². The Morgan fingerprint density at radius 1 is 0.557 bits per heavy atom. The van der Waals surface area contributed by atoms with E-state index in [0.717, 1.165) is 57.8 Å². The zero-order valence-electron chi connectivity index (χ0n) is 51.5. The fourth-order valence-electron chi connectivity index (χ4n) is 17.0. The van der Waals surface area contributed by atoms with Crippen molar-refractivity contribution in [2.24, 2.45) is 39.4 Å². The van der Waals surface area contributed by atoms with E-state index < -0.39 is 191 Å². The predicted molar refractivity (Wildman–Crippen MR) is 298 cm³/mol. The molecule has 9 rings (SSSR count). The molecular weight excluding hydrogens is 1170 g/mol. The first kappa shape index (κ1) is 70.9. The smallest absolute Gasteiger partial charge is 0.253 e. The van der Waals surface area contributed by atoms with Gasteiger partial charge in [-0.3, -0.25) is 0 Å². The average Bonchev–Trinajstić information content (AvgIpc) is 1.36. The molecule has 0 aromatic heterocycles. The van der Waals surface area contributed by atoms with Gasteiger partial charge in [0, 0.05) is 11.8 Å². The number of rotatable bonds is 21. The largest absolute Gasteiger partial charge is 0.394 e. The van der Waals surface area contributed by atoms with E-state index in [9.17, 15) is 91.9 Å². The van der Waals surface area contributed by atoms with E-state index >= 15 is 0 Å². The molecule has 0 amide bonds. The lowest BCUT2D eigenvalue weighted by molar-refractivity contribution is -0.485. The molecule has 88 heavy (non-hydrogen) atoms. The van der Waals surface area contributed by atoms with Gasteiger partial charge in [-0.15, -0.1) is 0 Å². The molecule has 0 aromatic rings. The Morgan fingerprint density at radius 3 is 1.73 bits per heavy atom. The Hall–Kier alpha value is -1.38. The van der Waals surface area contributed by atoms with E-state index in [4.69, 9.17) is 47.4 Å². The van der Waals surface area contributed by atoms with Crippen LogP contribution in [0.3, 0.4) is 0 Å². The van der Waals surface area contributed by atoms with Crippen molar-refractivity contribution >= 4 is 0 Å².